The van der Waals surface area contributed by atoms with Crippen molar-refractivity contribution in [1.82, 2.24) is 4.47 Å². The number of benzene rings is 2. The highest BCUT2D eigenvalue weighted by Gasteiger charge is 2.25. The number of hydrogen-bond donors (Lipinski definition) is 3. The first-order valence-corrected chi connectivity index (χ1v) is 10.9. The second-order valence-corrected chi connectivity index (χ2v) is 8.43. The van der Waals surface area contributed by atoms with Crippen LogP contribution in [0.5, 0.6) is 5.75 Å². The summed E-state index contributed by atoms with van der Waals surface area (Å²) in [4.78, 5) is 30.0. The largest absolute Gasteiger partial charge is 0.505 e. The molecule has 0 aliphatic heterocycles. The zero-order valence-electron chi connectivity index (χ0n) is 17.4. The Hall–Kier alpha value is -2.52. The molecule has 0 saturated heterocycles. The van der Waals surface area contributed by atoms with Gasteiger partial charge in [-0.2, -0.15) is 0 Å². The van der Waals surface area contributed by atoms with Gasteiger partial charge in [-0.3, -0.25) is 14.4 Å². The third-order valence-corrected chi connectivity index (χ3v) is 6.26. The highest BCUT2D eigenvalue weighted by molar-refractivity contribution is 7.97. The van der Waals surface area contributed by atoms with Crippen LogP contribution in [0.25, 0.3) is 0 Å². The minimum absolute atomic E-state index is 0.115. The van der Waals surface area contributed by atoms with Crippen molar-refractivity contribution in [3.8, 4) is 5.75 Å². The summed E-state index contributed by atoms with van der Waals surface area (Å²) in [6.45, 7) is 2.06. The normalized spacial score (nSPS) is 12.3. The molecule has 0 aliphatic carbocycles. The van der Waals surface area contributed by atoms with Gasteiger partial charge < -0.3 is 15.7 Å². The van der Waals surface area contributed by atoms with Crippen molar-refractivity contribution in [3.05, 3.63) is 73.5 Å². The molecule has 0 unspecified atom stereocenters. The van der Waals surface area contributed by atoms with Crippen LogP contribution in [0.3, 0.4) is 0 Å². The van der Waals surface area contributed by atoms with Crippen LogP contribution in [-0.4, -0.2) is 23.7 Å². The number of phenols is 1. The van der Waals surface area contributed by atoms with Crippen molar-refractivity contribution in [2.75, 3.05) is 24.8 Å². The molecule has 3 aromatic carbocycles. The Balaban J connectivity index is 1.90. The van der Waals surface area contributed by atoms with Gasteiger partial charge in [-0.05, 0) is 36.1 Å². The summed E-state index contributed by atoms with van der Waals surface area (Å²) >= 11 is 7.29. The van der Waals surface area contributed by atoms with E-state index in [0.717, 1.165) is 30.4 Å². The molecule has 0 saturated carbocycles. The van der Waals surface area contributed by atoms with Crippen LogP contribution in [0.1, 0.15) is 31.4 Å². The standard InChI is InChI=1S/C22H24ClN3O4S/c1-4-8-15(13-9-6-5-7-10-13)24-17-18(21(29)20(17)28)25-16-12-11-14(23)22(19(16)27)31-26(2)30-3/h5-7,9-12,15,24-25,27H,4,8H2,1-3H3/t15-/m1/s1. The van der Waals surface area contributed by atoms with E-state index >= 15 is 0 Å². The van der Waals surface area contributed by atoms with E-state index in [9.17, 15) is 14.7 Å². The smallest absolute Gasteiger partial charge is 0.253 e. The van der Waals surface area contributed by atoms with Crippen LogP contribution in [0.2, 0.25) is 5.02 Å². The average Bonchev–Trinajstić information content (AvgIpc) is 2.79. The first-order chi connectivity index (χ1) is 14.9. The van der Waals surface area contributed by atoms with Gasteiger partial charge >= 0.3 is 0 Å². The van der Waals surface area contributed by atoms with E-state index in [2.05, 4.69) is 17.6 Å². The van der Waals surface area contributed by atoms with Gasteiger partial charge in [-0.25, -0.2) is 0 Å². The van der Waals surface area contributed by atoms with E-state index in [-0.39, 0.29) is 28.9 Å². The average molecular weight is 462 g/mol. The predicted molar refractivity (Wildman–Crippen MR) is 126 cm³/mol. The van der Waals surface area contributed by atoms with E-state index in [4.69, 9.17) is 16.4 Å². The van der Waals surface area contributed by atoms with Gasteiger partial charge in [0.25, 0.3) is 10.9 Å². The number of halogens is 1. The van der Waals surface area contributed by atoms with E-state index in [1.807, 2.05) is 30.3 Å². The fourth-order valence-corrected chi connectivity index (χ4v) is 4.09. The molecule has 0 amide bonds. The zero-order chi connectivity index (χ0) is 22.5. The number of hydrogen-bond acceptors (Lipinski definition) is 8. The molecule has 3 rings (SSSR count). The van der Waals surface area contributed by atoms with Gasteiger partial charge in [0.15, 0.2) is 5.75 Å². The van der Waals surface area contributed by atoms with Crippen LogP contribution >= 0.6 is 23.5 Å². The molecule has 0 heterocycles. The first-order valence-electron chi connectivity index (χ1n) is 9.76. The molecule has 164 valence electrons. The number of anilines is 3. The highest BCUT2D eigenvalue weighted by Crippen LogP contribution is 2.42. The summed E-state index contributed by atoms with van der Waals surface area (Å²) in [6.07, 6.45) is 1.69. The van der Waals surface area contributed by atoms with Gasteiger partial charge in [-0.1, -0.05) is 55.3 Å². The van der Waals surface area contributed by atoms with E-state index in [1.54, 1.807) is 19.2 Å². The summed E-state index contributed by atoms with van der Waals surface area (Å²) in [6, 6.07) is 12.8. The maximum atomic E-state index is 12.3. The fourth-order valence-electron chi connectivity index (χ4n) is 3.15. The minimum Gasteiger partial charge on any atom is -0.505 e. The maximum absolute atomic E-state index is 12.3. The Morgan fingerprint density at radius 2 is 1.81 bits per heavy atom. The van der Waals surface area contributed by atoms with Crippen LogP contribution < -0.4 is 21.5 Å². The Kier molecular flexibility index (Phi) is 7.61. The minimum atomic E-state index is -0.636. The molecule has 0 aromatic heterocycles. The summed E-state index contributed by atoms with van der Waals surface area (Å²) in [5.41, 5.74) is 0.405. The lowest BCUT2D eigenvalue weighted by Crippen LogP contribution is -2.37. The fraction of sp³-hybridized carbons (Fsp3) is 0.273. The van der Waals surface area contributed by atoms with E-state index in [0.29, 0.717) is 9.92 Å². The van der Waals surface area contributed by atoms with Crippen molar-refractivity contribution in [1.29, 1.82) is 0 Å². The molecule has 0 radical (unpaired) electrons. The topological polar surface area (TPSA) is 90.9 Å². The Labute approximate surface area is 189 Å². The van der Waals surface area contributed by atoms with Crippen LogP contribution in [0.4, 0.5) is 17.1 Å². The molecule has 0 fully saturated rings. The monoisotopic (exact) mass is 461 g/mol. The number of nitrogens with zero attached hydrogens (tertiary/aromatic N) is 1. The molecular weight excluding hydrogens is 438 g/mol. The number of rotatable bonds is 10. The molecule has 3 N–H and O–H groups in total. The summed E-state index contributed by atoms with van der Waals surface area (Å²) in [5, 5.41) is 17.1. The third-order valence-electron chi connectivity index (χ3n) is 4.83. The predicted octanol–water partition coefficient (Wildman–Crippen LogP) is 4.84. The molecular formula is C22H24ClN3O4S. The third kappa shape index (κ3) is 5.04. The number of hydroxylamine groups is 1. The molecule has 31 heavy (non-hydrogen) atoms. The summed E-state index contributed by atoms with van der Waals surface area (Å²) < 4.78 is 1.42. The summed E-state index contributed by atoms with van der Waals surface area (Å²) in [7, 11) is 3.15. The lowest BCUT2D eigenvalue weighted by Gasteiger charge is -2.23. The van der Waals surface area contributed by atoms with Crippen molar-refractivity contribution in [2.45, 2.75) is 30.7 Å². The van der Waals surface area contributed by atoms with Crippen LogP contribution in [-0.2, 0) is 4.84 Å². The molecule has 0 bridgehead atoms. The molecule has 9 heteroatoms. The van der Waals surface area contributed by atoms with Crippen molar-refractivity contribution in [2.24, 2.45) is 0 Å². The van der Waals surface area contributed by atoms with Crippen molar-refractivity contribution < 1.29 is 9.94 Å². The molecule has 3 aromatic rings. The SMILES string of the molecule is CCC[C@@H](Nc1c(Nc2ccc(Cl)c(SN(C)OC)c2O)c(=O)c1=O)c1ccccc1. The molecule has 7 nitrogen and oxygen atoms in total. The Morgan fingerprint density at radius 3 is 2.45 bits per heavy atom. The van der Waals surface area contributed by atoms with Gasteiger partial charge in [0.05, 0.1) is 28.8 Å². The quantitative estimate of drug-likeness (QED) is 0.171. The second kappa shape index (κ2) is 10.2. The van der Waals surface area contributed by atoms with Crippen LogP contribution in [0.15, 0.2) is 56.9 Å². The van der Waals surface area contributed by atoms with E-state index < -0.39 is 10.9 Å². The van der Waals surface area contributed by atoms with E-state index in [1.165, 1.54) is 11.6 Å². The van der Waals surface area contributed by atoms with Gasteiger partial charge in [0, 0.05) is 7.05 Å². The molecule has 0 aliphatic rings. The van der Waals surface area contributed by atoms with Crippen LogP contribution in [0, 0.1) is 0 Å². The van der Waals surface area contributed by atoms with Gasteiger partial charge in [0.1, 0.15) is 11.4 Å². The molecule has 1 atom stereocenters. The summed E-state index contributed by atoms with van der Waals surface area (Å²) in [5.74, 6) is -0.145. The Morgan fingerprint density at radius 1 is 1.13 bits per heavy atom. The number of phenolic OH excluding ortho intramolecular Hbond substituents is 1. The van der Waals surface area contributed by atoms with Gasteiger partial charge in [0.2, 0.25) is 0 Å². The lowest BCUT2D eigenvalue weighted by atomic mass is 10.0. The molecule has 0 spiro atoms. The van der Waals surface area contributed by atoms with Crippen molar-refractivity contribution in [3.63, 3.8) is 0 Å². The first kappa shape index (κ1) is 23.1. The van der Waals surface area contributed by atoms with Crippen molar-refractivity contribution >= 4 is 40.6 Å². The number of nitrogens with one attached hydrogen (secondary N) is 2. The zero-order valence-corrected chi connectivity index (χ0v) is 19.0. The van der Waals surface area contributed by atoms with Gasteiger partial charge in [-0.15, -0.1) is 4.47 Å². The number of aromatic hydroxyl groups is 1. The maximum Gasteiger partial charge on any atom is 0.253 e. The highest BCUT2D eigenvalue weighted by atomic mass is 35.5. The second-order valence-electron chi connectivity index (χ2n) is 6.92. The Bertz CT molecular complexity index is 1120. The lowest BCUT2D eigenvalue weighted by molar-refractivity contribution is -0.0146.